The molecule has 0 bridgehead atoms. The molecule has 0 saturated heterocycles. The number of allylic oxidation sites excluding steroid dienone is 1. The molecule has 0 rings (SSSR count). The highest BCUT2D eigenvalue weighted by atomic mass is 16.1. The van der Waals surface area contributed by atoms with Gasteiger partial charge >= 0.3 is 0 Å². The number of carbonyl (C=O) groups is 1. The van der Waals surface area contributed by atoms with Crippen LogP contribution in [0.5, 0.6) is 0 Å². The summed E-state index contributed by atoms with van der Waals surface area (Å²) in [4.78, 5) is 11.4. The van der Waals surface area contributed by atoms with Crippen molar-refractivity contribution in [1.82, 2.24) is 5.32 Å². The summed E-state index contributed by atoms with van der Waals surface area (Å²) in [7, 11) is 0. The summed E-state index contributed by atoms with van der Waals surface area (Å²) in [5, 5.41) is 2.91. The van der Waals surface area contributed by atoms with E-state index < -0.39 is 0 Å². The second-order valence-electron chi connectivity index (χ2n) is 3.34. The van der Waals surface area contributed by atoms with Crippen LogP contribution in [-0.4, -0.2) is 12.5 Å². The molecule has 1 amide bonds. The first-order valence-electron chi connectivity index (χ1n) is 5.11. The Hall–Kier alpha value is -0.790. The van der Waals surface area contributed by atoms with E-state index in [0.717, 1.165) is 25.8 Å². The second kappa shape index (κ2) is 7.84. The first-order chi connectivity index (χ1) is 6.22. The van der Waals surface area contributed by atoms with Gasteiger partial charge in [0.1, 0.15) is 0 Å². The number of hydrogen-bond acceptors (Lipinski definition) is 1. The predicted octanol–water partition coefficient (Wildman–Crippen LogP) is 2.51. The Bertz CT molecular complexity index is 163. The van der Waals surface area contributed by atoms with Gasteiger partial charge in [-0.2, -0.15) is 0 Å². The molecule has 13 heavy (non-hydrogen) atoms. The molecule has 76 valence electrons. The maximum Gasteiger partial charge on any atom is 0.222 e. The zero-order valence-electron chi connectivity index (χ0n) is 8.97. The fraction of sp³-hybridized carbons (Fsp3) is 0.727. The molecule has 0 fully saturated rings. The Morgan fingerprint density at radius 3 is 2.77 bits per heavy atom. The van der Waals surface area contributed by atoms with Gasteiger partial charge in [-0.15, -0.1) is 0 Å². The molecule has 2 heteroatoms. The normalized spacial score (nSPS) is 13.2. The second-order valence-corrected chi connectivity index (χ2v) is 3.34. The Morgan fingerprint density at radius 1 is 1.54 bits per heavy atom. The topological polar surface area (TPSA) is 29.1 Å². The van der Waals surface area contributed by atoms with Gasteiger partial charge in [0.25, 0.3) is 0 Å². The van der Waals surface area contributed by atoms with Crippen LogP contribution in [0.15, 0.2) is 12.2 Å². The third-order valence-electron chi connectivity index (χ3n) is 2.02. The Balaban J connectivity index is 3.49. The van der Waals surface area contributed by atoms with E-state index in [0.29, 0.717) is 0 Å². The smallest absolute Gasteiger partial charge is 0.222 e. The summed E-state index contributed by atoms with van der Waals surface area (Å²) in [6, 6.07) is 0. The third kappa shape index (κ3) is 6.38. The minimum Gasteiger partial charge on any atom is -0.356 e. The van der Waals surface area contributed by atoms with Crippen LogP contribution in [0.25, 0.3) is 0 Å². The lowest BCUT2D eigenvalue weighted by molar-refractivity contribution is -0.124. The van der Waals surface area contributed by atoms with Crippen LogP contribution in [0.4, 0.5) is 0 Å². The summed E-state index contributed by atoms with van der Waals surface area (Å²) in [6.07, 6.45) is 7.05. The molecule has 0 saturated carbocycles. The Labute approximate surface area is 81.4 Å². The van der Waals surface area contributed by atoms with Crippen LogP contribution >= 0.6 is 0 Å². The van der Waals surface area contributed by atoms with Crippen molar-refractivity contribution in [2.75, 3.05) is 6.54 Å². The van der Waals surface area contributed by atoms with E-state index >= 15 is 0 Å². The molecule has 1 N–H and O–H groups in total. The van der Waals surface area contributed by atoms with E-state index in [2.05, 4.69) is 18.3 Å². The van der Waals surface area contributed by atoms with Crippen LogP contribution in [0.1, 0.15) is 40.0 Å². The van der Waals surface area contributed by atoms with Crippen LogP contribution in [0.3, 0.4) is 0 Å². The molecule has 1 unspecified atom stereocenters. The monoisotopic (exact) mass is 183 g/mol. The molecule has 0 spiro atoms. The van der Waals surface area contributed by atoms with Crippen molar-refractivity contribution >= 4 is 5.91 Å². The predicted molar refractivity (Wildman–Crippen MR) is 56.5 cm³/mol. The van der Waals surface area contributed by atoms with Gasteiger partial charge in [-0.3, -0.25) is 4.79 Å². The summed E-state index contributed by atoms with van der Waals surface area (Å²) in [5.74, 6) is 0.349. The van der Waals surface area contributed by atoms with Crippen LogP contribution in [0, 0.1) is 5.92 Å². The Morgan fingerprint density at radius 2 is 2.23 bits per heavy atom. The third-order valence-corrected chi connectivity index (χ3v) is 2.02. The average Bonchev–Trinajstić information content (AvgIpc) is 2.12. The molecule has 0 aliphatic carbocycles. The van der Waals surface area contributed by atoms with Gasteiger partial charge < -0.3 is 5.32 Å². The zero-order valence-corrected chi connectivity index (χ0v) is 8.97. The van der Waals surface area contributed by atoms with E-state index in [1.807, 2.05) is 19.9 Å². The average molecular weight is 183 g/mol. The van der Waals surface area contributed by atoms with Gasteiger partial charge in [-0.25, -0.2) is 0 Å². The minimum atomic E-state index is 0.163. The van der Waals surface area contributed by atoms with E-state index in [1.54, 1.807) is 0 Å². The standard InChI is InChI=1S/C11H21NO/c1-4-6-7-9-12-11(13)10(3)8-5-2/h4,6,10H,5,7-9H2,1-3H3,(H,12,13)/b6-4+. The van der Waals surface area contributed by atoms with Crippen LogP contribution in [-0.2, 0) is 4.79 Å². The summed E-state index contributed by atoms with van der Waals surface area (Å²) >= 11 is 0. The number of amides is 1. The molecule has 0 heterocycles. The summed E-state index contributed by atoms with van der Waals surface area (Å²) < 4.78 is 0. The SMILES string of the molecule is C/C=C/CCNC(=O)C(C)CCC. The van der Waals surface area contributed by atoms with E-state index in [4.69, 9.17) is 0 Å². The molecule has 0 aliphatic rings. The van der Waals surface area contributed by atoms with Crippen molar-refractivity contribution in [2.24, 2.45) is 5.92 Å². The first kappa shape index (κ1) is 12.2. The molecule has 0 radical (unpaired) electrons. The van der Waals surface area contributed by atoms with Crippen molar-refractivity contribution in [1.29, 1.82) is 0 Å². The van der Waals surface area contributed by atoms with Crippen LogP contribution < -0.4 is 5.32 Å². The van der Waals surface area contributed by atoms with E-state index in [9.17, 15) is 4.79 Å². The molecule has 0 aromatic carbocycles. The Kier molecular flexibility index (Phi) is 7.36. The van der Waals surface area contributed by atoms with Crippen molar-refractivity contribution in [2.45, 2.75) is 40.0 Å². The highest BCUT2D eigenvalue weighted by Gasteiger charge is 2.09. The lowest BCUT2D eigenvalue weighted by Gasteiger charge is -2.09. The zero-order chi connectivity index (χ0) is 10.1. The van der Waals surface area contributed by atoms with Gasteiger partial charge in [0, 0.05) is 12.5 Å². The van der Waals surface area contributed by atoms with Crippen LogP contribution in [0.2, 0.25) is 0 Å². The fourth-order valence-electron chi connectivity index (χ4n) is 1.18. The molecule has 0 aromatic rings. The molecule has 2 nitrogen and oxygen atoms in total. The summed E-state index contributed by atoms with van der Waals surface area (Å²) in [5.41, 5.74) is 0. The van der Waals surface area contributed by atoms with Gasteiger partial charge in [0.05, 0.1) is 0 Å². The van der Waals surface area contributed by atoms with Crippen molar-refractivity contribution in [3.05, 3.63) is 12.2 Å². The van der Waals surface area contributed by atoms with E-state index in [-0.39, 0.29) is 11.8 Å². The van der Waals surface area contributed by atoms with Gasteiger partial charge in [0.15, 0.2) is 0 Å². The van der Waals surface area contributed by atoms with Gasteiger partial charge in [-0.05, 0) is 19.8 Å². The maximum absolute atomic E-state index is 11.4. The highest BCUT2D eigenvalue weighted by Crippen LogP contribution is 2.04. The summed E-state index contributed by atoms with van der Waals surface area (Å²) in [6.45, 7) is 6.83. The van der Waals surface area contributed by atoms with Gasteiger partial charge in [0.2, 0.25) is 5.91 Å². The van der Waals surface area contributed by atoms with Gasteiger partial charge in [-0.1, -0.05) is 32.4 Å². The van der Waals surface area contributed by atoms with E-state index in [1.165, 1.54) is 0 Å². The van der Waals surface area contributed by atoms with Crippen molar-refractivity contribution in [3.63, 3.8) is 0 Å². The molecule has 0 aliphatic heterocycles. The largest absolute Gasteiger partial charge is 0.356 e. The molecular weight excluding hydrogens is 162 g/mol. The first-order valence-corrected chi connectivity index (χ1v) is 5.11. The number of carbonyl (C=O) groups excluding carboxylic acids is 1. The number of hydrogen-bond donors (Lipinski definition) is 1. The minimum absolute atomic E-state index is 0.163. The molecule has 0 aromatic heterocycles. The number of rotatable bonds is 6. The molecular formula is C11H21NO. The van der Waals surface area contributed by atoms with Crippen molar-refractivity contribution < 1.29 is 4.79 Å². The fourth-order valence-corrected chi connectivity index (χ4v) is 1.18. The highest BCUT2D eigenvalue weighted by molar-refractivity contribution is 5.78. The lowest BCUT2D eigenvalue weighted by Crippen LogP contribution is -2.29. The quantitative estimate of drug-likeness (QED) is 0.497. The maximum atomic E-state index is 11.4. The lowest BCUT2D eigenvalue weighted by atomic mass is 10.1. The number of nitrogens with one attached hydrogen (secondary N) is 1. The van der Waals surface area contributed by atoms with Crippen molar-refractivity contribution in [3.8, 4) is 0 Å². The molecule has 1 atom stereocenters.